The van der Waals surface area contributed by atoms with Crippen LogP contribution in [0, 0.1) is 0 Å². The number of methoxy groups -OCH3 is 2. The number of nitrogens with zero attached hydrogens (tertiary/aromatic N) is 3. The van der Waals surface area contributed by atoms with E-state index in [0.29, 0.717) is 44.6 Å². The van der Waals surface area contributed by atoms with E-state index < -0.39 is 0 Å². The number of nitrogens with one attached hydrogen (secondary N) is 2. The highest BCUT2D eigenvalue weighted by molar-refractivity contribution is 6.41. The highest BCUT2D eigenvalue weighted by atomic mass is 35.5. The lowest BCUT2D eigenvalue weighted by Gasteiger charge is -2.34. The average Bonchev–Trinajstić information content (AvgIpc) is 2.80. The second-order valence-electron chi connectivity index (χ2n) is 7.09. The number of benzene rings is 1. The van der Waals surface area contributed by atoms with Crippen LogP contribution in [0.25, 0.3) is 11.3 Å². The van der Waals surface area contributed by atoms with Crippen LogP contribution in [0.2, 0.25) is 10.0 Å². The fraction of sp³-hybridized carbons (Fsp3) is 0.286. The SMILES string of the molecule is COc1cc(OC)c(Cl)c(Nc2ncccc2-c2cc(N[C@@H]3CC[C@@H]3N)ncn2)c1Cl. The summed E-state index contributed by atoms with van der Waals surface area (Å²) in [5.74, 6) is 2.08. The van der Waals surface area contributed by atoms with Gasteiger partial charge >= 0.3 is 0 Å². The number of aromatic nitrogens is 3. The predicted molar refractivity (Wildman–Crippen MR) is 123 cm³/mol. The fourth-order valence-electron chi connectivity index (χ4n) is 3.30. The molecule has 0 aliphatic heterocycles. The first kappa shape index (κ1) is 21.4. The number of hydrogen-bond acceptors (Lipinski definition) is 8. The normalized spacial score (nSPS) is 17.6. The van der Waals surface area contributed by atoms with Crippen LogP contribution in [0.5, 0.6) is 11.5 Å². The topological polar surface area (TPSA) is 107 Å². The van der Waals surface area contributed by atoms with Crippen molar-refractivity contribution in [1.29, 1.82) is 0 Å². The summed E-state index contributed by atoms with van der Waals surface area (Å²) < 4.78 is 10.7. The molecule has 2 heterocycles. The number of anilines is 3. The van der Waals surface area contributed by atoms with E-state index in [4.69, 9.17) is 38.4 Å². The van der Waals surface area contributed by atoms with E-state index in [9.17, 15) is 0 Å². The molecule has 0 unspecified atom stereocenters. The van der Waals surface area contributed by atoms with Gasteiger partial charge in [-0.25, -0.2) is 15.0 Å². The zero-order valence-corrected chi connectivity index (χ0v) is 18.5. The van der Waals surface area contributed by atoms with E-state index in [1.165, 1.54) is 20.5 Å². The van der Waals surface area contributed by atoms with Gasteiger partial charge in [0.15, 0.2) is 0 Å². The first-order chi connectivity index (χ1) is 15.0. The summed E-state index contributed by atoms with van der Waals surface area (Å²) in [5, 5.41) is 7.20. The van der Waals surface area contributed by atoms with E-state index in [0.717, 1.165) is 18.4 Å². The van der Waals surface area contributed by atoms with Crippen molar-refractivity contribution in [3.05, 3.63) is 46.8 Å². The third kappa shape index (κ3) is 4.32. The Hall–Kier alpha value is -2.81. The van der Waals surface area contributed by atoms with Crippen molar-refractivity contribution in [3.8, 4) is 22.8 Å². The zero-order chi connectivity index (χ0) is 22.0. The number of rotatable bonds is 7. The molecule has 0 radical (unpaired) electrons. The van der Waals surface area contributed by atoms with Crippen LogP contribution in [0.15, 0.2) is 36.8 Å². The van der Waals surface area contributed by atoms with Crippen molar-refractivity contribution in [1.82, 2.24) is 15.0 Å². The molecule has 2 atom stereocenters. The number of nitrogens with two attached hydrogens (primary N) is 1. The van der Waals surface area contributed by atoms with Gasteiger partial charge in [0.2, 0.25) is 0 Å². The van der Waals surface area contributed by atoms with Gasteiger partial charge in [-0.05, 0) is 25.0 Å². The van der Waals surface area contributed by atoms with Crippen LogP contribution in [-0.2, 0) is 0 Å². The van der Waals surface area contributed by atoms with Crippen molar-refractivity contribution in [3.63, 3.8) is 0 Å². The number of halogens is 2. The Bertz CT molecular complexity index is 1070. The van der Waals surface area contributed by atoms with Gasteiger partial charge in [0.1, 0.15) is 39.5 Å². The molecule has 8 nitrogen and oxygen atoms in total. The van der Waals surface area contributed by atoms with Gasteiger partial charge in [0.05, 0.1) is 25.6 Å². The molecule has 1 aromatic carbocycles. The Kier molecular flexibility index (Phi) is 6.31. The smallest absolute Gasteiger partial charge is 0.143 e. The van der Waals surface area contributed by atoms with E-state index in [2.05, 4.69) is 25.6 Å². The second-order valence-corrected chi connectivity index (χ2v) is 7.85. The highest BCUT2D eigenvalue weighted by Crippen LogP contribution is 2.45. The molecule has 0 saturated heterocycles. The first-order valence-corrected chi connectivity index (χ1v) is 10.4. The minimum Gasteiger partial charge on any atom is -0.495 e. The molecule has 1 aliphatic carbocycles. The Morgan fingerprint density at radius 2 is 1.77 bits per heavy atom. The predicted octanol–water partition coefficient (Wildman–Crippen LogP) is 4.51. The Morgan fingerprint density at radius 1 is 1.03 bits per heavy atom. The maximum absolute atomic E-state index is 6.51. The van der Waals surface area contributed by atoms with Crippen molar-refractivity contribution in [2.24, 2.45) is 5.73 Å². The summed E-state index contributed by atoms with van der Waals surface area (Å²) in [6.45, 7) is 0. The largest absolute Gasteiger partial charge is 0.495 e. The lowest BCUT2D eigenvalue weighted by Crippen LogP contribution is -2.48. The van der Waals surface area contributed by atoms with Gasteiger partial charge in [-0.1, -0.05) is 23.2 Å². The van der Waals surface area contributed by atoms with Crippen LogP contribution in [0.4, 0.5) is 17.3 Å². The third-order valence-electron chi connectivity index (χ3n) is 5.23. The van der Waals surface area contributed by atoms with Gasteiger partial charge in [-0.15, -0.1) is 0 Å². The van der Waals surface area contributed by atoms with E-state index in [1.54, 1.807) is 12.3 Å². The highest BCUT2D eigenvalue weighted by Gasteiger charge is 2.27. The Labute approximate surface area is 190 Å². The molecule has 31 heavy (non-hydrogen) atoms. The van der Waals surface area contributed by atoms with Crippen LogP contribution < -0.4 is 25.8 Å². The van der Waals surface area contributed by atoms with Crippen molar-refractivity contribution >= 4 is 40.5 Å². The fourth-order valence-corrected chi connectivity index (χ4v) is 3.90. The summed E-state index contributed by atoms with van der Waals surface area (Å²) in [7, 11) is 3.04. The average molecular weight is 461 g/mol. The minimum atomic E-state index is 0.140. The number of pyridine rings is 1. The third-order valence-corrected chi connectivity index (χ3v) is 5.98. The lowest BCUT2D eigenvalue weighted by atomic mass is 9.87. The first-order valence-electron chi connectivity index (χ1n) is 9.68. The van der Waals surface area contributed by atoms with Gasteiger partial charge in [-0.3, -0.25) is 0 Å². The molecule has 1 saturated carbocycles. The molecule has 2 aromatic heterocycles. The monoisotopic (exact) mass is 460 g/mol. The lowest BCUT2D eigenvalue weighted by molar-refractivity contribution is 0.369. The summed E-state index contributed by atoms with van der Waals surface area (Å²) in [4.78, 5) is 13.2. The zero-order valence-electron chi connectivity index (χ0n) is 17.0. The van der Waals surface area contributed by atoms with E-state index >= 15 is 0 Å². The molecule has 1 aliphatic rings. The molecule has 4 N–H and O–H groups in total. The summed E-state index contributed by atoms with van der Waals surface area (Å²) in [5.41, 5.74) is 7.89. The molecule has 0 amide bonds. The quantitative estimate of drug-likeness (QED) is 0.472. The van der Waals surface area contributed by atoms with E-state index in [1.807, 2.05) is 18.2 Å². The molecule has 0 bridgehead atoms. The Morgan fingerprint density at radius 3 is 2.39 bits per heavy atom. The minimum absolute atomic E-state index is 0.140. The number of ether oxygens (including phenoxy) is 2. The molecular formula is C21H22Cl2N6O2. The van der Waals surface area contributed by atoms with Crippen LogP contribution >= 0.6 is 23.2 Å². The van der Waals surface area contributed by atoms with Crippen molar-refractivity contribution in [2.75, 3.05) is 24.9 Å². The Balaban J connectivity index is 1.69. The molecule has 1 fully saturated rings. The molecular weight excluding hydrogens is 439 g/mol. The molecule has 0 spiro atoms. The molecule has 162 valence electrons. The maximum atomic E-state index is 6.51. The standard InChI is InChI=1S/C21H22Cl2N6O2/c1-30-15-9-16(31-2)19(23)20(18(15)22)29-21-11(4-3-7-25-21)14-8-17(27-10-26-14)28-13-6-5-12(13)24/h3-4,7-10,12-13H,5-6,24H2,1-2H3,(H,25,29)(H,26,27,28)/t12-,13+/m0/s1. The maximum Gasteiger partial charge on any atom is 0.143 e. The summed E-state index contributed by atoms with van der Waals surface area (Å²) in [6, 6.07) is 7.58. The van der Waals surface area contributed by atoms with Gasteiger partial charge < -0.3 is 25.8 Å². The second kappa shape index (κ2) is 9.13. The molecule has 10 heteroatoms. The summed E-state index contributed by atoms with van der Waals surface area (Å²) in [6.07, 6.45) is 5.21. The van der Waals surface area contributed by atoms with Crippen LogP contribution in [0.3, 0.4) is 0 Å². The molecule has 4 rings (SSSR count). The van der Waals surface area contributed by atoms with Gasteiger partial charge in [0, 0.05) is 36.0 Å². The van der Waals surface area contributed by atoms with Crippen LogP contribution in [-0.4, -0.2) is 41.3 Å². The van der Waals surface area contributed by atoms with Crippen molar-refractivity contribution in [2.45, 2.75) is 24.9 Å². The number of hydrogen-bond donors (Lipinski definition) is 3. The van der Waals surface area contributed by atoms with Gasteiger partial charge in [0.25, 0.3) is 0 Å². The molecule has 3 aromatic rings. The van der Waals surface area contributed by atoms with Crippen LogP contribution in [0.1, 0.15) is 12.8 Å². The summed E-state index contributed by atoms with van der Waals surface area (Å²) >= 11 is 13.0. The van der Waals surface area contributed by atoms with Crippen molar-refractivity contribution < 1.29 is 9.47 Å². The van der Waals surface area contributed by atoms with E-state index in [-0.39, 0.29) is 12.1 Å². The van der Waals surface area contributed by atoms with Gasteiger partial charge in [-0.2, -0.15) is 0 Å².